The summed E-state index contributed by atoms with van der Waals surface area (Å²) in [5.41, 5.74) is 0.792. The molecule has 1 fully saturated rings. The predicted octanol–water partition coefficient (Wildman–Crippen LogP) is 4.22. The summed E-state index contributed by atoms with van der Waals surface area (Å²) in [6, 6.07) is 6.15. The maximum atomic E-state index is 13.0. The van der Waals surface area contributed by atoms with Crippen LogP contribution in [0.3, 0.4) is 0 Å². The van der Waals surface area contributed by atoms with Crippen molar-refractivity contribution in [3.63, 3.8) is 0 Å². The Morgan fingerprint density at radius 2 is 2.12 bits per heavy atom. The van der Waals surface area contributed by atoms with Crippen LogP contribution in [0, 0.1) is 0 Å². The molecule has 6 heteroatoms. The maximum Gasteiger partial charge on any atom is 0.134 e. The van der Waals surface area contributed by atoms with Gasteiger partial charge in [0.1, 0.15) is 22.3 Å². The quantitative estimate of drug-likeness (QED) is 0.725. The van der Waals surface area contributed by atoms with Crippen LogP contribution in [-0.4, -0.2) is 39.1 Å². The minimum Gasteiger partial charge on any atom is -0.484 e. The molecule has 1 aromatic rings. The molecule has 1 saturated heterocycles. The lowest BCUT2D eigenvalue weighted by Gasteiger charge is -2.46. The third kappa shape index (κ3) is 3.57. The summed E-state index contributed by atoms with van der Waals surface area (Å²) in [5, 5.41) is 0. The van der Waals surface area contributed by atoms with Gasteiger partial charge in [0.15, 0.2) is 0 Å². The largest absolute Gasteiger partial charge is 0.484 e. The van der Waals surface area contributed by atoms with Crippen LogP contribution in [0.1, 0.15) is 51.6 Å². The first-order valence-corrected chi connectivity index (χ1v) is 10.3. The summed E-state index contributed by atoms with van der Waals surface area (Å²) >= 11 is 3.56. The van der Waals surface area contributed by atoms with Crippen molar-refractivity contribution in [1.82, 2.24) is 4.31 Å². The molecule has 1 spiro atoms. The molecule has 2 aliphatic rings. The molecule has 3 rings (SSSR count). The highest BCUT2D eigenvalue weighted by Crippen LogP contribution is 2.47. The fourth-order valence-corrected chi connectivity index (χ4v) is 5.21. The highest BCUT2D eigenvalue weighted by atomic mass is 79.9. The molecule has 1 aromatic carbocycles. The van der Waals surface area contributed by atoms with E-state index in [0.717, 1.165) is 41.7 Å². The Kier molecular flexibility index (Phi) is 5.13. The van der Waals surface area contributed by atoms with Gasteiger partial charge in [0.05, 0.1) is 17.4 Å². The number of hydrogen-bond acceptors (Lipinski definition) is 3. The first-order chi connectivity index (χ1) is 11.2. The Balaban J connectivity index is 1.99. The van der Waals surface area contributed by atoms with Gasteiger partial charge < -0.3 is 9.47 Å². The van der Waals surface area contributed by atoms with Gasteiger partial charge in [-0.05, 0) is 51.8 Å². The van der Waals surface area contributed by atoms with Crippen molar-refractivity contribution >= 4 is 26.9 Å². The Morgan fingerprint density at radius 3 is 2.75 bits per heavy atom. The molecule has 134 valence electrons. The SMILES string of the molecule is CN(C1CC2(CCCOC2)Oc2ccc(Br)cc21)S(=O)C(C)(C)C. The standard InChI is InChI=1S/C18H26BrNO3S/c1-17(2,3)24(21)20(4)15-11-18(8-5-9-22-12-18)23-16-7-6-13(19)10-14(15)16/h6-7,10,15H,5,8-9,11-12H2,1-4H3. The summed E-state index contributed by atoms with van der Waals surface area (Å²) in [6.45, 7) is 7.45. The van der Waals surface area contributed by atoms with Gasteiger partial charge in [-0.25, -0.2) is 8.51 Å². The molecule has 0 saturated carbocycles. The third-order valence-electron chi connectivity index (χ3n) is 4.73. The molecule has 0 amide bonds. The maximum absolute atomic E-state index is 13.0. The van der Waals surface area contributed by atoms with Crippen LogP contribution in [0.4, 0.5) is 0 Å². The molecule has 2 heterocycles. The molecule has 2 aliphatic heterocycles. The number of rotatable bonds is 2. The van der Waals surface area contributed by atoms with Gasteiger partial charge in [0.2, 0.25) is 0 Å². The van der Waals surface area contributed by atoms with Crippen LogP contribution in [0.25, 0.3) is 0 Å². The van der Waals surface area contributed by atoms with Gasteiger partial charge in [-0.2, -0.15) is 0 Å². The smallest absolute Gasteiger partial charge is 0.134 e. The van der Waals surface area contributed by atoms with Crippen molar-refractivity contribution in [2.75, 3.05) is 20.3 Å². The summed E-state index contributed by atoms with van der Waals surface area (Å²) in [7, 11) is 0.865. The average molecular weight is 416 g/mol. The van der Waals surface area contributed by atoms with Crippen LogP contribution < -0.4 is 4.74 Å². The lowest BCUT2D eigenvalue weighted by molar-refractivity contribution is -0.0892. The fourth-order valence-electron chi connectivity index (χ4n) is 3.55. The van der Waals surface area contributed by atoms with E-state index < -0.39 is 11.0 Å². The lowest BCUT2D eigenvalue weighted by atomic mass is 9.83. The third-order valence-corrected chi connectivity index (χ3v) is 7.05. The van der Waals surface area contributed by atoms with Crippen molar-refractivity contribution in [1.29, 1.82) is 0 Å². The zero-order chi connectivity index (χ0) is 17.5. The zero-order valence-corrected chi connectivity index (χ0v) is 17.2. The van der Waals surface area contributed by atoms with Crippen LogP contribution in [0.5, 0.6) is 5.75 Å². The van der Waals surface area contributed by atoms with E-state index in [1.54, 1.807) is 0 Å². The Bertz CT molecular complexity index is 638. The summed E-state index contributed by atoms with van der Waals surface area (Å²) in [5.74, 6) is 0.887. The van der Waals surface area contributed by atoms with E-state index in [4.69, 9.17) is 9.47 Å². The van der Waals surface area contributed by atoms with Crippen molar-refractivity contribution in [2.24, 2.45) is 0 Å². The number of halogens is 1. The molecule has 0 N–H and O–H groups in total. The molecule has 0 bridgehead atoms. The highest BCUT2D eigenvalue weighted by molar-refractivity contribution is 9.10. The molecule has 0 aliphatic carbocycles. The second-order valence-corrected chi connectivity index (χ2v) is 11.0. The lowest BCUT2D eigenvalue weighted by Crippen LogP contribution is -2.51. The van der Waals surface area contributed by atoms with Crippen LogP contribution >= 0.6 is 15.9 Å². The summed E-state index contributed by atoms with van der Waals surface area (Å²) in [4.78, 5) is 0. The first kappa shape index (κ1) is 18.4. The van der Waals surface area contributed by atoms with Crippen molar-refractivity contribution < 1.29 is 13.7 Å². The van der Waals surface area contributed by atoms with Gasteiger partial charge >= 0.3 is 0 Å². The van der Waals surface area contributed by atoms with Crippen LogP contribution in [0.2, 0.25) is 0 Å². The monoisotopic (exact) mass is 415 g/mol. The molecule has 3 atom stereocenters. The van der Waals surface area contributed by atoms with Gasteiger partial charge in [-0.15, -0.1) is 0 Å². The Hall–Kier alpha value is -0.430. The normalized spacial score (nSPS) is 28.5. The van der Waals surface area contributed by atoms with E-state index in [-0.39, 0.29) is 16.4 Å². The molecule has 24 heavy (non-hydrogen) atoms. The van der Waals surface area contributed by atoms with E-state index in [0.29, 0.717) is 6.61 Å². The van der Waals surface area contributed by atoms with E-state index in [1.165, 1.54) is 0 Å². The summed E-state index contributed by atoms with van der Waals surface area (Å²) < 4.78 is 27.8. The summed E-state index contributed by atoms with van der Waals surface area (Å²) in [6.07, 6.45) is 2.79. The average Bonchev–Trinajstić information content (AvgIpc) is 2.53. The molecular weight excluding hydrogens is 390 g/mol. The molecule has 0 radical (unpaired) electrons. The van der Waals surface area contributed by atoms with Crippen LogP contribution in [-0.2, 0) is 15.7 Å². The van der Waals surface area contributed by atoms with Gasteiger partial charge in [-0.1, -0.05) is 15.9 Å². The topological polar surface area (TPSA) is 38.8 Å². The molecule has 3 unspecified atom stereocenters. The van der Waals surface area contributed by atoms with Gasteiger partial charge in [0.25, 0.3) is 0 Å². The van der Waals surface area contributed by atoms with Crippen LogP contribution in [0.15, 0.2) is 22.7 Å². The fraction of sp³-hybridized carbons (Fsp3) is 0.667. The number of fused-ring (bicyclic) bond motifs is 1. The van der Waals surface area contributed by atoms with E-state index >= 15 is 0 Å². The number of hydrogen-bond donors (Lipinski definition) is 0. The predicted molar refractivity (Wildman–Crippen MR) is 101 cm³/mol. The van der Waals surface area contributed by atoms with Crippen molar-refractivity contribution in [3.05, 3.63) is 28.2 Å². The van der Waals surface area contributed by atoms with E-state index in [2.05, 4.69) is 22.0 Å². The minimum absolute atomic E-state index is 0.0491. The Labute approximate surface area is 155 Å². The molecule has 0 aromatic heterocycles. The van der Waals surface area contributed by atoms with E-state index in [1.807, 2.05) is 44.3 Å². The number of benzene rings is 1. The zero-order valence-electron chi connectivity index (χ0n) is 14.8. The first-order valence-electron chi connectivity index (χ1n) is 8.43. The van der Waals surface area contributed by atoms with Gasteiger partial charge in [-0.3, -0.25) is 0 Å². The van der Waals surface area contributed by atoms with Crippen molar-refractivity contribution in [2.45, 2.75) is 56.4 Å². The van der Waals surface area contributed by atoms with Crippen molar-refractivity contribution in [3.8, 4) is 5.75 Å². The number of ether oxygens (including phenoxy) is 2. The van der Waals surface area contributed by atoms with E-state index in [9.17, 15) is 4.21 Å². The second-order valence-electron chi connectivity index (χ2n) is 7.75. The Morgan fingerprint density at radius 1 is 1.38 bits per heavy atom. The minimum atomic E-state index is -1.09. The van der Waals surface area contributed by atoms with Gasteiger partial charge in [0, 0.05) is 30.1 Å². The molecule has 4 nitrogen and oxygen atoms in total. The second kappa shape index (κ2) is 6.71. The number of nitrogens with zero attached hydrogens (tertiary/aromatic N) is 1. The highest BCUT2D eigenvalue weighted by Gasteiger charge is 2.45. The molecular formula is C18H26BrNO3S.